The lowest BCUT2D eigenvalue weighted by Gasteiger charge is -2.05. The molecule has 0 radical (unpaired) electrons. The van der Waals surface area contributed by atoms with Crippen LogP contribution in [0.2, 0.25) is 6.82 Å². The van der Waals surface area contributed by atoms with E-state index in [0.29, 0.717) is 6.71 Å². The summed E-state index contributed by atoms with van der Waals surface area (Å²) < 4.78 is 0. The molecule has 0 aliphatic heterocycles. The van der Waals surface area contributed by atoms with Crippen LogP contribution in [0.1, 0.15) is 21.5 Å². The average molecular weight is 186 g/mol. The number of aldehydes is 1. The SMILES string of the molecule is C=CB(C)Cc1ccc(C=O)c(C)c1. The molecule has 0 aromatic heterocycles. The topological polar surface area (TPSA) is 17.1 Å². The molecule has 1 rings (SSSR count). The van der Waals surface area contributed by atoms with Crippen molar-refractivity contribution < 1.29 is 4.79 Å². The lowest BCUT2D eigenvalue weighted by atomic mass is 9.49. The Morgan fingerprint density at radius 1 is 1.50 bits per heavy atom. The molecule has 0 bridgehead atoms. The molecule has 0 atom stereocenters. The standard InChI is InChI=1S/C12H15BO/c1-4-13(3)8-11-5-6-12(9-14)10(2)7-11/h4-7,9H,1,8H2,2-3H3. The van der Waals surface area contributed by atoms with E-state index in [1.807, 2.05) is 25.0 Å². The lowest BCUT2D eigenvalue weighted by molar-refractivity contribution is 0.112. The fraction of sp³-hybridized carbons (Fsp3) is 0.250. The molecule has 0 saturated heterocycles. The number of rotatable bonds is 4. The van der Waals surface area contributed by atoms with Crippen LogP contribution in [0.5, 0.6) is 0 Å². The van der Waals surface area contributed by atoms with E-state index in [9.17, 15) is 4.79 Å². The first-order valence-corrected chi connectivity index (χ1v) is 4.84. The minimum atomic E-state index is 0.483. The monoisotopic (exact) mass is 186 g/mol. The van der Waals surface area contributed by atoms with Gasteiger partial charge in [0, 0.05) is 5.56 Å². The van der Waals surface area contributed by atoms with E-state index in [0.717, 1.165) is 23.7 Å². The predicted octanol–water partition coefficient (Wildman–Crippen LogP) is 2.74. The van der Waals surface area contributed by atoms with E-state index < -0.39 is 0 Å². The molecule has 0 spiro atoms. The molecular formula is C12H15BO. The van der Waals surface area contributed by atoms with E-state index in [1.165, 1.54) is 5.56 Å². The van der Waals surface area contributed by atoms with Gasteiger partial charge in [-0.05, 0) is 18.8 Å². The zero-order chi connectivity index (χ0) is 10.6. The molecule has 0 fully saturated rings. The third kappa shape index (κ3) is 2.59. The summed E-state index contributed by atoms with van der Waals surface area (Å²) in [7, 11) is 0. The summed E-state index contributed by atoms with van der Waals surface area (Å²) >= 11 is 0. The second-order valence-electron chi connectivity index (χ2n) is 3.73. The third-order valence-electron chi connectivity index (χ3n) is 2.42. The van der Waals surface area contributed by atoms with Crippen molar-refractivity contribution in [3.8, 4) is 0 Å². The van der Waals surface area contributed by atoms with Gasteiger partial charge in [0.1, 0.15) is 6.29 Å². The number of hydrogen-bond acceptors (Lipinski definition) is 1. The molecule has 72 valence electrons. The quantitative estimate of drug-likeness (QED) is 0.521. The van der Waals surface area contributed by atoms with Crippen molar-refractivity contribution in [2.75, 3.05) is 0 Å². The largest absolute Gasteiger partial charge is 0.298 e. The summed E-state index contributed by atoms with van der Waals surface area (Å²) in [5.41, 5.74) is 3.09. The first-order chi connectivity index (χ1) is 6.67. The average Bonchev–Trinajstić information content (AvgIpc) is 2.18. The van der Waals surface area contributed by atoms with Crippen LogP contribution in [-0.2, 0) is 6.32 Å². The maximum Gasteiger partial charge on any atom is 0.166 e. The van der Waals surface area contributed by atoms with Crippen molar-refractivity contribution in [1.29, 1.82) is 0 Å². The summed E-state index contributed by atoms with van der Waals surface area (Å²) in [5.74, 6) is 1.95. The van der Waals surface area contributed by atoms with Gasteiger partial charge in [-0.15, -0.1) is 12.6 Å². The predicted molar refractivity (Wildman–Crippen MR) is 62.1 cm³/mol. The Morgan fingerprint density at radius 3 is 2.71 bits per heavy atom. The maximum atomic E-state index is 10.6. The molecule has 0 unspecified atom stereocenters. The van der Waals surface area contributed by atoms with Crippen LogP contribution in [0.4, 0.5) is 0 Å². The molecule has 0 aliphatic rings. The van der Waals surface area contributed by atoms with Gasteiger partial charge in [-0.25, -0.2) is 0 Å². The zero-order valence-electron chi connectivity index (χ0n) is 8.79. The van der Waals surface area contributed by atoms with Crippen LogP contribution in [0, 0.1) is 6.92 Å². The van der Waals surface area contributed by atoms with Crippen molar-refractivity contribution in [3.63, 3.8) is 0 Å². The van der Waals surface area contributed by atoms with E-state index in [-0.39, 0.29) is 0 Å². The highest BCUT2D eigenvalue weighted by molar-refractivity contribution is 6.62. The van der Waals surface area contributed by atoms with Crippen LogP contribution >= 0.6 is 0 Å². The van der Waals surface area contributed by atoms with Gasteiger partial charge in [-0.1, -0.05) is 30.6 Å². The van der Waals surface area contributed by atoms with Crippen LogP contribution in [0.15, 0.2) is 30.8 Å². The molecule has 0 aliphatic carbocycles. The smallest absolute Gasteiger partial charge is 0.166 e. The van der Waals surface area contributed by atoms with Crippen molar-refractivity contribution in [2.45, 2.75) is 20.1 Å². The van der Waals surface area contributed by atoms with Gasteiger partial charge in [0.15, 0.2) is 6.71 Å². The molecule has 1 nitrogen and oxygen atoms in total. The Kier molecular flexibility index (Phi) is 3.69. The van der Waals surface area contributed by atoms with Crippen molar-refractivity contribution >= 4 is 13.0 Å². The molecule has 2 heteroatoms. The van der Waals surface area contributed by atoms with Gasteiger partial charge in [0.05, 0.1) is 0 Å². The van der Waals surface area contributed by atoms with Gasteiger partial charge >= 0.3 is 0 Å². The van der Waals surface area contributed by atoms with Crippen LogP contribution in [0.25, 0.3) is 0 Å². The molecule has 0 amide bonds. The molecular weight excluding hydrogens is 171 g/mol. The highest BCUT2D eigenvalue weighted by Crippen LogP contribution is 2.10. The van der Waals surface area contributed by atoms with Crippen molar-refractivity contribution in [1.82, 2.24) is 0 Å². The van der Waals surface area contributed by atoms with E-state index in [2.05, 4.69) is 19.5 Å². The fourth-order valence-electron chi connectivity index (χ4n) is 1.45. The van der Waals surface area contributed by atoms with Crippen molar-refractivity contribution in [3.05, 3.63) is 47.4 Å². The van der Waals surface area contributed by atoms with Crippen molar-refractivity contribution in [2.24, 2.45) is 0 Å². The lowest BCUT2D eigenvalue weighted by Crippen LogP contribution is -2.08. The van der Waals surface area contributed by atoms with Crippen LogP contribution in [0.3, 0.4) is 0 Å². The number of benzene rings is 1. The molecule has 1 aromatic carbocycles. The van der Waals surface area contributed by atoms with Gasteiger partial charge < -0.3 is 0 Å². The Hall–Kier alpha value is -1.31. The highest BCUT2D eigenvalue weighted by atomic mass is 16.1. The van der Waals surface area contributed by atoms with Gasteiger partial charge in [0.2, 0.25) is 0 Å². The highest BCUT2D eigenvalue weighted by Gasteiger charge is 2.04. The minimum Gasteiger partial charge on any atom is -0.298 e. The number of carbonyl (C=O) groups is 1. The Morgan fingerprint density at radius 2 is 2.21 bits per heavy atom. The second kappa shape index (κ2) is 4.80. The number of aryl methyl sites for hydroxylation is 1. The van der Waals surface area contributed by atoms with E-state index in [1.54, 1.807) is 0 Å². The Labute approximate surface area is 85.9 Å². The van der Waals surface area contributed by atoms with E-state index in [4.69, 9.17) is 0 Å². The number of carbonyl (C=O) groups excluding carboxylic acids is 1. The summed E-state index contributed by atoms with van der Waals surface area (Å²) in [4.78, 5) is 10.6. The first-order valence-electron chi connectivity index (χ1n) is 4.84. The van der Waals surface area contributed by atoms with Gasteiger partial charge in [-0.3, -0.25) is 4.79 Å². The molecule has 1 aromatic rings. The second-order valence-corrected chi connectivity index (χ2v) is 3.73. The first kappa shape index (κ1) is 10.8. The molecule has 0 saturated carbocycles. The van der Waals surface area contributed by atoms with Gasteiger partial charge in [-0.2, -0.15) is 0 Å². The maximum absolute atomic E-state index is 10.6. The Balaban J connectivity index is 2.86. The minimum absolute atomic E-state index is 0.483. The summed E-state index contributed by atoms with van der Waals surface area (Å²) in [6.07, 6.45) is 1.89. The molecule has 0 N–H and O–H groups in total. The van der Waals surface area contributed by atoms with E-state index >= 15 is 0 Å². The molecule has 14 heavy (non-hydrogen) atoms. The van der Waals surface area contributed by atoms with Crippen LogP contribution < -0.4 is 0 Å². The summed E-state index contributed by atoms with van der Waals surface area (Å²) in [6.45, 7) is 8.34. The fourth-order valence-corrected chi connectivity index (χ4v) is 1.45. The van der Waals surface area contributed by atoms with Gasteiger partial charge in [0.25, 0.3) is 0 Å². The molecule has 0 heterocycles. The zero-order valence-corrected chi connectivity index (χ0v) is 8.79. The third-order valence-corrected chi connectivity index (χ3v) is 2.42. The summed E-state index contributed by atoms with van der Waals surface area (Å²) in [5, 5.41) is 0. The summed E-state index contributed by atoms with van der Waals surface area (Å²) in [6, 6.07) is 5.97. The normalized spacial score (nSPS) is 9.57. The van der Waals surface area contributed by atoms with Crippen LogP contribution in [-0.4, -0.2) is 13.0 Å². The number of hydrogen-bond donors (Lipinski definition) is 0. The Bertz CT molecular complexity index is 344.